The van der Waals surface area contributed by atoms with E-state index in [4.69, 9.17) is 4.74 Å². The van der Waals surface area contributed by atoms with Crippen LogP contribution < -0.4 is 0 Å². The van der Waals surface area contributed by atoms with Gasteiger partial charge >= 0.3 is 0 Å². The van der Waals surface area contributed by atoms with Gasteiger partial charge in [-0.05, 0) is 32.6 Å². The highest BCUT2D eigenvalue weighted by Gasteiger charge is 2.16. The number of methoxy groups -OCH3 is 1. The van der Waals surface area contributed by atoms with Crippen molar-refractivity contribution >= 4 is 40.6 Å². The summed E-state index contributed by atoms with van der Waals surface area (Å²) in [6, 6.07) is 1.98. The number of thioether (sulfide) groups is 2. The fourth-order valence-electron chi connectivity index (χ4n) is 2.34. The molecule has 2 heterocycles. The largest absolute Gasteiger partial charge is 0.385 e. The van der Waals surface area contributed by atoms with Crippen LogP contribution >= 0.6 is 34.9 Å². The molecule has 2 aromatic rings. The van der Waals surface area contributed by atoms with Crippen molar-refractivity contribution in [3.05, 3.63) is 23.0 Å². The second-order valence-electron chi connectivity index (χ2n) is 5.03. The summed E-state index contributed by atoms with van der Waals surface area (Å²) in [6.07, 6.45) is 2.91. The summed E-state index contributed by atoms with van der Waals surface area (Å²) in [5.74, 6) is 0.535. The molecule has 8 heteroatoms. The van der Waals surface area contributed by atoms with E-state index in [1.165, 1.54) is 23.1 Å². The molecule has 126 valence electrons. The van der Waals surface area contributed by atoms with Crippen molar-refractivity contribution < 1.29 is 9.53 Å². The fourth-order valence-corrected chi connectivity index (χ4v) is 4.66. The SMILES string of the molecule is COCCCn1c(C)cc(C(=O)CSc2nnc(SC)s2)c1C. The van der Waals surface area contributed by atoms with Crippen LogP contribution in [-0.2, 0) is 11.3 Å². The first-order valence-corrected chi connectivity index (χ1v) is 10.3. The van der Waals surface area contributed by atoms with Gasteiger partial charge in [0.1, 0.15) is 0 Å². The number of ether oxygens (including phenoxy) is 1. The second kappa shape index (κ2) is 8.86. The van der Waals surface area contributed by atoms with E-state index in [1.807, 2.05) is 26.2 Å². The van der Waals surface area contributed by atoms with Gasteiger partial charge < -0.3 is 9.30 Å². The molecule has 0 amide bonds. The third-order valence-corrected chi connectivity index (χ3v) is 6.53. The Morgan fingerprint density at radius 1 is 1.35 bits per heavy atom. The molecule has 0 saturated carbocycles. The minimum absolute atomic E-state index is 0.141. The number of rotatable bonds is 9. The Hall–Kier alpha value is -0.830. The monoisotopic (exact) mass is 371 g/mol. The molecule has 0 bridgehead atoms. The zero-order valence-corrected chi connectivity index (χ0v) is 16.2. The van der Waals surface area contributed by atoms with Crippen LogP contribution in [-0.4, -0.2) is 46.3 Å². The number of hydrogen-bond donors (Lipinski definition) is 0. The summed E-state index contributed by atoms with van der Waals surface area (Å²) < 4.78 is 9.06. The molecule has 0 fully saturated rings. The third-order valence-electron chi connectivity index (χ3n) is 3.49. The number of aromatic nitrogens is 3. The zero-order valence-electron chi connectivity index (χ0n) is 13.8. The van der Waals surface area contributed by atoms with Gasteiger partial charge in [0.2, 0.25) is 0 Å². The molecule has 0 spiro atoms. The zero-order chi connectivity index (χ0) is 16.8. The van der Waals surface area contributed by atoms with E-state index in [1.54, 1.807) is 18.9 Å². The Morgan fingerprint density at radius 3 is 2.74 bits per heavy atom. The molecule has 0 saturated heterocycles. The molecule has 0 aliphatic carbocycles. The van der Waals surface area contributed by atoms with Crippen molar-refractivity contribution in [1.29, 1.82) is 0 Å². The van der Waals surface area contributed by atoms with Crippen LogP contribution in [0.5, 0.6) is 0 Å². The summed E-state index contributed by atoms with van der Waals surface area (Å²) in [6.45, 7) is 5.65. The molecule has 0 N–H and O–H groups in total. The number of hydrogen-bond acceptors (Lipinski definition) is 7. The fraction of sp³-hybridized carbons (Fsp3) is 0.533. The van der Waals surface area contributed by atoms with Crippen molar-refractivity contribution in [2.75, 3.05) is 25.7 Å². The first-order valence-electron chi connectivity index (χ1n) is 7.26. The van der Waals surface area contributed by atoms with E-state index < -0.39 is 0 Å². The van der Waals surface area contributed by atoms with Crippen LogP contribution in [0.3, 0.4) is 0 Å². The standard InChI is InChI=1S/C15H21N3O2S3/c1-10-8-12(11(2)18(10)6-5-7-20-3)13(19)9-22-15-17-16-14(21-4)23-15/h8H,5-7,9H2,1-4H3. The minimum atomic E-state index is 0.141. The third kappa shape index (κ3) is 4.82. The van der Waals surface area contributed by atoms with Crippen LogP contribution in [0.1, 0.15) is 28.2 Å². The highest BCUT2D eigenvalue weighted by atomic mass is 32.2. The molecule has 0 aliphatic heterocycles. The highest BCUT2D eigenvalue weighted by Crippen LogP contribution is 2.28. The normalized spacial score (nSPS) is 11.1. The molecule has 5 nitrogen and oxygen atoms in total. The average Bonchev–Trinajstić information content (AvgIpc) is 3.11. The van der Waals surface area contributed by atoms with Gasteiger partial charge in [0.05, 0.1) is 5.75 Å². The maximum absolute atomic E-state index is 12.5. The van der Waals surface area contributed by atoms with Gasteiger partial charge in [0.25, 0.3) is 0 Å². The van der Waals surface area contributed by atoms with Crippen molar-refractivity contribution in [3.8, 4) is 0 Å². The molecule has 0 atom stereocenters. The smallest absolute Gasteiger partial charge is 0.175 e. The van der Waals surface area contributed by atoms with E-state index in [9.17, 15) is 4.79 Å². The molecular weight excluding hydrogens is 350 g/mol. The minimum Gasteiger partial charge on any atom is -0.385 e. The lowest BCUT2D eigenvalue weighted by atomic mass is 10.2. The van der Waals surface area contributed by atoms with E-state index in [2.05, 4.69) is 14.8 Å². The van der Waals surface area contributed by atoms with Crippen molar-refractivity contribution in [3.63, 3.8) is 0 Å². The molecule has 0 aliphatic rings. The first kappa shape index (κ1) is 18.5. The Morgan fingerprint density at radius 2 is 2.09 bits per heavy atom. The van der Waals surface area contributed by atoms with Gasteiger partial charge in [-0.2, -0.15) is 0 Å². The molecule has 23 heavy (non-hydrogen) atoms. The van der Waals surface area contributed by atoms with E-state index in [-0.39, 0.29) is 5.78 Å². The van der Waals surface area contributed by atoms with Gasteiger partial charge in [-0.15, -0.1) is 10.2 Å². The van der Waals surface area contributed by atoms with Crippen LogP contribution in [0, 0.1) is 13.8 Å². The Kier molecular flexibility index (Phi) is 7.13. The van der Waals surface area contributed by atoms with Crippen molar-refractivity contribution in [2.24, 2.45) is 0 Å². The summed E-state index contributed by atoms with van der Waals surface area (Å²) in [5, 5.41) is 8.13. The topological polar surface area (TPSA) is 57.0 Å². The number of Topliss-reactive ketones (excluding diaryl/α,β-unsaturated/α-hetero) is 1. The van der Waals surface area contributed by atoms with Gasteiger partial charge in [-0.1, -0.05) is 34.9 Å². The first-order chi connectivity index (χ1) is 11.1. The van der Waals surface area contributed by atoms with Crippen molar-refractivity contribution in [2.45, 2.75) is 35.5 Å². The van der Waals surface area contributed by atoms with Gasteiger partial charge in [0, 0.05) is 37.2 Å². The molecule has 0 unspecified atom stereocenters. The van der Waals surface area contributed by atoms with E-state index in [0.29, 0.717) is 5.75 Å². The Bertz CT molecular complexity index is 667. The van der Waals surface area contributed by atoms with Crippen LogP contribution in [0.25, 0.3) is 0 Å². The van der Waals surface area contributed by atoms with Crippen LogP contribution in [0.15, 0.2) is 14.7 Å². The number of nitrogens with zero attached hydrogens (tertiary/aromatic N) is 3. The number of carbonyl (C=O) groups is 1. The molecular formula is C15H21N3O2S3. The lowest BCUT2D eigenvalue weighted by molar-refractivity contribution is 0.102. The molecule has 2 aromatic heterocycles. The summed E-state index contributed by atoms with van der Waals surface area (Å²) >= 11 is 4.56. The summed E-state index contributed by atoms with van der Waals surface area (Å²) in [7, 11) is 1.71. The molecule has 2 rings (SSSR count). The van der Waals surface area contributed by atoms with Crippen LogP contribution in [0.4, 0.5) is 0 Å². The highest BCUT2D eigenvalue weighted by molar-refractivity contribution is 8.03. The summed E-state index contributed by atoms with van der Waals surface area (Å²) in [4.78, 5) is 12.5. The maximum atomic E-state index is 12.5. The van der Waals surface area contributed by atoms with E-state index >= 15 is 0 Å². The lowest BCUT2D eigenvalue weighted by Gasteiger charge is -2.09. The van der Waals surface area contributed by atoms with Gasteiger partial charge in [0.15, 0.2) is 14.5 Å². The molecule has 0 aromatic carbocycles. The Balaban J connectivity index is 2.00. The van der Waals surface area contributed by atoms with Crippen LogP contribution in [0.2, 0.25) is 0 Å². The predicted octanol–water partition coefficient (Wildman–Crippen LogP) is 3.69. The number of ketones is 1. The number of carbonyl (C=O) groups excluding carboxylic acids is 1. The number of aryl methyl sites for hydroxylation is 1. The lowest BCUT2D eigenvalue weighted by Crippen LogP contribution is -2.08. The average molecular weight is 372 g/mol. The van der Waals surface area contributed by atoms with Gasteiger partial charge in [-0.3, -0.25) is 4.79 Å². The Labute approximate surface area is 149 Å². The van der Waals surface area contributed by atoms with E-state index in [0.717, 1.165) is 45.2 Å². The van der Waals surface area contributed by atoms with Gasteiger partial charge in [-0.25, -0.2) is 0 Å². The summed E-state index contributed by atoms with van der Waals surface area (Å²) in [5.41, 5.74) is 2.96. The van der Waals surface area contributed by atoms with Crippen molar-refractivity contribution in [1.82, 2.24) is 14.8 Å². The molecule has 0 radical (unpaired) electrons. The predicted molar refractivity (Wildman–Crippen MR) is 97.1 cm³/mol. The quantitative estimate of drug-likeness (QED) is 0.381. The second-order valence-corrected chi connectivity index (χ2v) is 8.29. The maximum Gasteiger partial charge on any atom is 0.175 e.